The lowest BCUT2D eigenvalue weighted by molar-refractivity contribution is 0.396. The summed E-state index contributed by atoms with van der Waals surface area (Å²) >= 11 is 5.92. The second kappa shape index (κ2) is 5.97. The van der Waals surface area contributed by atoms with Crippen LogP contribution in [0.1, 0.15) is 5.56 Å². The third-order valence-electron chi connectivity index (χ3n) is 3.72. The SMILES string of the molecule is COc1cc(OC)c2c(=O)c(C)c(-c3ccc(Cl)cc3)oc2c1. The molecule has 5 heteroatoms. The second-order valence-corrected chi connectivity index (χ2v) is 5.53. The van der Waals surface area contributed by atoms with Crippen LogP contribution in [0.25, 0.3) is 22.3 Å². The first-order valence-electron chi connectivity index (χ1n) is 7.00. The van der Waals surface area contributed by atoms with Crippen molar-refractivity contribution in [3.63, 3.8) is 0 Å². The Morgan fingerprint density at radius 2 is 1.74 bits per heavy atom. The average Bonchev–Trinajstić information content (AvgIpc) is 2.57. The van der Waals surface area contributed by atoms with Crippen molar-refractivity contribution in [3.8, 4) is 22.8 Å². The van der Waals surface area contributed by atoms with Crippen molar-refractivity contribution >= 4 is 22.6 Å². The minimum absolute atomic E-state index is 0.129. The van der Waals surface area contributed by atoms with E-state index in [1.165, 1.54) is 7.11 Å². The first kappa shape index (κ1) is 15.4. The summed E-state index contributed by atoms with van der Waals surface area (Å²) in [6.45, 7) is 1.74. The molecule has 3 aromatic rings. The van der Waals surface area contributed by atoms with Gasteiger partial charge >= 0.3 is 0 Å². The topological polar surface area (TPSA) is 48.7 Å². The molecule has 0 aliphatic heterocycles. The molecule has 0 bridgehead atoms. The summed E-state index contributed by atoms with van der Waals surface area (Å²) in [5.41, 5.74) is 1.59. The lowest BCUT2D eigenvalue weighted by Gasteiger charge is -2.11. The Morgan fingerprint density at radius 3 is 2.35 bits per heavy atom. The number of hydrogen-bond donors (Lipinski definition) is 0. The highest BCUT2D eigenvalue weighted by Crippen LogP contribution is 2.33. The maximum Gasteiger partial charge on any atom is 0.199 e. The van der Waals surface area contributed by atoms with Crippen LogP contribution in [0.5, 0.6) is 11.5 Å². The number of fused-ring (bicyclic) bond motifs is 1. The van der Waals surface area contributed by atoms with Gasteiger partial charge in [0.05, 0.1) is 14.2 Å². The van der Waals surface area contributed by atoms with Gasteiger partial charge in [-0.2, -0.15) is 0 Å². The van der Waals surface area contributed by atoms with Gasteiger partial charge in [0, 0.05) is 28.3 Å². The van der Waals surface area contributed by atoms with Crippen LogP contribution in [0.4, 0.5) is 0 Å². The molecule has 1 aromatic heterocycles. The molecule has 0 aliphatic rings. The molecule has 0 amide bonds. The minimum atomic E-state index is -0.129. The van der Waals surface area contributed by atoms with E-state index in [1.54, 1.807) is 38.3 Å². The van der Waals surface area contributed by atoms with Gasteiger partial charge in [0.1, 0.15) is 28.2 Å². The molecule has 0 fully saturated rings. The van der Waals surface area contributed by atoms with Gasteiger partial charge in [-0.05, 0) is 31.2 Å². The summed E-state index contributed by atoms with van der Waals surface area (Å²) in [4.78, 5) is 12.8. The van der Waals surface area contributed by atoms with Gasteiger partial charge in [0.25, 0.3) is 0 Å². The third kappa shape index (κ3) is 2.66. The van der Waals surface area contributed by atoms with Crippen molar-refractivity contribution in [1.82, 2.24) is 0 Å². The molecule has 3 rings (SSSR count). The third-order valence-corrected chi connectivity index (χ3v) is 3.97. The molecule has 2 aromatic carbocycles. The first-order chi connectivity index (χ1) is 11.0. The highest BCUT2D eigenvalue weighted by molar-refractivity contribution is 6.30. The van der Waals surface area contributed by atoms with E-state index in [0.29, 0.717) is 38.8 Å². The second-order valence-electron chi connectivity index (χ2n) is 5.09. The molecular formula is C18H15ClO4. The maximum absolute atomic E-state index is 12.8. The Morgan fingerprint density at radius 1 is 1.04 bits per heavy atom. The van der Waals surface area contributed by atoms with Crippen molar-refractivity contribution in [2.45, 2.75) is 6.92 Å². The standard InChI is InChI=1S/C18H15ClO4/c1-10-17(20)16-14(22-3)8-13(21-2)9-15(16)23-18(10)11-4-6-12(19)7-5-11/h4-9H,1-3H3. The van der Waals surface area contributed by atoms with E-state index in [9.17, 15) is 4.79 Å². The van der Waals surface area contributed by atoms with Crippen LogP contribution >= 0.6 is 11.6 Å². The normalized spacial score (nSPS) is 10.8. The van der Waals surface area contributed by atoms with Crippen molar-refractivity contribution in [2.75, 3.05) is 14.2 Å². The molecule has 0 saturated carbocycles. The molecule has 0 unspecified atom stereocenters. The summed E-state index contributed by atoms with van der Waals surface area (Å²) in [7, 11) is 3.06. The molecule has 118 valence electrons. The predicted octanol–water partition coefficient (Wildman–Crippen LogP) is 4.44. The lowest BCUT2D eigenvalue weighted by Crippen LogP contribution is -2.09. The van der Waals surface area contributed by atoms with Crippen molar-refractivity contribution in [3.05, 3.63) is 57.2 Å². The zero-order valence-corrected chi connectivity index (χ0v) is 13.7. The van der Waals surface area contributed by atoms with Crippen molar-refractivity contribution in [1.29, 1.82) is 0 Å². The fourth-order valence-corrected chi connectivity index (χ4v) is 2.63. The van der Waals surface area contributed by atoms with Gasteiger partial charge in [-0.1, -0.05) is 11.6 Å². The van der Waals surface area contributed by atoms with Crippen LogP contribution in [0.2, 0.25) is 5.02 Å². The van der Waals surface area contributed by atoms with Gasteiger partial charge in [0.15, 0.2) is 5.43 Å². The summed E-state index contributed by atoms with van der Waals surface area (Å²) in [6, 6.07) is 10.5. The average molecular weight is 331 g/mol. The van der Waals surface area contributed by atoms with Gasteiger partial charge in [0.2, 0.25) is 0 Å². The molecule has 0 atom stereocenters. The minimum Gasteiger partial charge on any atom is -0.496 e. The molecule has 23 heavy (non-hydrogen) atoms. The first-order valence-corrected chi connectivity index (χ1v) is 7.38. The Kier molecular flexibility index (Phi) is 4.01. The lowest BCUT2D eigenvalue weighted by atomic mass is 10.1. The summed E-state index contributed by atoms with van der Waals surface area (Å²) in [6.07, 6.45) is 0. The van der Waals surface area contributed by atoms with Gasteiger partial charge < -0.3 is 13.9 Å². The summed E-state index contributed by atoms with van der Waals surface area (Å²) < 4.78 is 16.5. The van der Waals surface area contributed by atoms with E-state index < -0.39 is 0 Å². The van der Waals surface area contributed by atoms with Crippen LogP contribution in [-0.2, 0) is 0 Å². The smallest absolute Gasteiger partial charge is 0.199 e. The monoisotopic (exact) mass is 330 g/mol. The quantitative estimate of drug-likeness (QED) is 0.712. The Labute approximate surface area is 138 Å². The van der Waals surface area contributed by atoms with Crippen LogP contribution < -0.4 is 14.9 Å². The molecule has 0 spiro atoms. The van der Waals surface area contributed by atoms with E-state index in [4.69, 9.17) is 25.5 Å². The van der Waals surface area contributed by atoms with Gasteiger partial charge in [-0.25, -0.2) is 0 Å². The molecular weight excluding hydrogens is 316 g/mol. The largest absolute Gasteiger partial charge is 0.496 e. The van der Waals surface area contributed by atoms with E-state index in [1.807, 2.05) is 12.1 Å². The van der Waals surface area contributed by atoms with Gasteiger partial charge in [-0.15, -0.1) is 0 Å². The van der Waals surface area contributed by atoms with Crippen molar-refractivity contribution < 1.29 is 13.9 Å². The van der Waals surface area contributed by atoms with E-state index >= 15 is 0 Å². The maximum atomic E-state index is 12.8. The molecule has 1 heterocycles. The number of methoxy groups -OCH3 is 2. The Balaban J connectivity index is 2.35. The van der Waals surface area contributed by atoms with Crippen molar-refractivity contribution in [2.24, 2.45) is 0 Å². The molecule has 0 radical (unpaired) electrons. The van der Waals surface area contributed by atoms with E-state index in [-0.39, 0.29) is 5.43 Å². The molecule has 0 saturated heterocycles. The molecule has 0 N–H and O–H groups in total. The fraction of sp³-hybridized carbons (Fsp3) is 0.167. The number of hydrogen-bond acceptors (Lipinski definition) is 4. The number of ether oxygens (including phenoxy) is 2. The Bertz CT molecular complexity index is 926. The van der Waals surface area contributed by atoms with Crippen LogP contribution in [0, 0.1) is 6.92 Å². The van der Waals surface area contributed by atoms with Crippen LogP contribution in [0.3, 0.4) is 0 Å². The molecule has 4 nitrogen and oxygen atoms in total. The number of benzene rings is 2. The van der Waals surface area contributed by atoms with Crippen LogP contribution in [-0.4, -0.2) is 14.2 Å². The highest BCUT2D eigenvalue weighted by Gasteiger charge is 2.17. The zero-order chi connectivity index (χ0) is 16.6. The zero-order valence-electron chi connectivity index (χ0n) is 13.0. The fourth-order valence-electron chi connectivity index (χ4n) is 2.50. The van der Waals surface area contributed by atoms with E-state index in [0.717, 1.165) is 5.56 Å². The number of rotatable bonds is 3. The van der Waals surface area contributed by atoms with Crippen LogP contribution in [0.15, 0.2) is 45.6 Å². The Hall–Kier alpha value is -2.46. The predicted molar refractivity (Wildman–Crippen MR) is 90.8 cm³/mol. The number of halogens is 1. The molecule has 0 aliphatic carbocycles. The van der Waals surface area contributed by atoms with E-state index in [2.05, 4.69) is 0 Å². The highest BCUT2D eigenvalue weighted by atomic mass is 35.5. The summed E-state index contributed by atoms with van der Waals surface area (Å²) in [5.74, 6) is 1.50. The van der Waals surface area contributed by atoms with Gasteiger partial charge in [-0.3, -0.25) is 4.79 Å². The summed E-state index contributed by atoms with van der Waals surface area (Å²) in [5, 5.41) is 1.03.